The molecule has 2 N–H and O–H groups in total. The molecule has 1 rings (SSSR count). The Hall–Kier alpha value is -0.120. The number of rotatable bonds is 3. The zero-order valence-electron chi connectivity index (χ0n) is 8.18. The van der Waals surface area contributed by atoms with Crippen molar-refractivity contribution < 1.29 is 4.74 Å². The maximum Gasteiger partial charge on any atom is 0.0480 e. The van der Waals surface area contributed by atoms with E-state index in [2.05, 4.69) is 11.9 Å². The van der Waals surface area contributed by atoms with E-state index in [9.17, 15) is 0 Å². The van der Waals surface area contributed by atoms with E-state index in [1.165, 1.54) is 13.0 Å². The van der Waals surface area contributed by atoms with Crippen LogP contribution in [0.2, 0.25) is 0 Å². The Balaban J connectivity index is 2.35. The molecule has 0 aromatic carbocycles. The van der Waals surface area contributed by atoms with Gasteiger partial charge in [0.25, 0.3) is 0 Å². The van der Waals surface area contributed by atoms with Crippen molar-refractivity contribution in [2.24, 2.45) is 5.73 Å². The Morgan fingerprint density at radius 2 is 2.33 bits per heavy atom. The molecule has 1 aliphatic heterocycles. The van der Waals surface area contributed by atoms with Gasteiger partial charge in [-0.15, -0.1) is 0 Å². The third-order valence-corrected chi connectivity index (χ3v) is 2.60. The van der Waals surface area contributed by atoms with Crippen molar-refractivity contribution in [2.75, 3.05) is 33.9 Å². The fourth-order valence-corrected chi connectivity index (χ4v) is 1.91. The van der Waals surface area contributed by atoms with Crippen LogP contribution < -0.4 is 5.73 Å². The third kappa shape index (κ3) is 2.73. The molecule has 0 aromatic heterocycles. The second kappa shape index (κ2) is 4.21. The molecule has 1 unspecified atom stereocenters. The molecular weight excluding hydrogens is 152 g/mol. The molecule has 3 heteroatoms. The summed E-state index contributed by atoms with van der Waals surface area (Å²) in [6.45, 7) is 2.98. The van der Waals surface area contributed by atoms with Crippen LogP contribution in [-0.2, 0) is 4.74 Å². The zero-order chi connectivity index (χ0) is 9.03. The number of ether oxygens (including phenoxy) is 1. The standard InChI is InChI=1S/C9H20N2O/c1-11-6-3-4-9(10,8-11)5-7-12-2/h3-8,10H2,1-2H3. The number of piperidine rings is 1. The quantitative estimate of drug-likeness (QED) is 0.671. The van der Waals surface area contributed by atoms with Crippen molar-refractivity contribution in [3.63, 3.8) is 0 Å². The number of nitrogens with two attached hydrogens (primary N) is 1. The Bertz CT molecular complexity index is 140. The van der Waals surface area contributed by atoms with Gasteiger partial charge < -0.3 is 15.4 Å². The number of likely N-dealkylation sites (tertiary alicyclic amines) is 1. The van der Waals surface area contributed by atoms with Crippen molar-refractivity contribution in [1.29, 1.82) is 0 Å². The van der Waals surface area contributed by atoms with E-state index < -0.39 is 0 Å². The van der Waals surface area contributed by atoms with Crippen LogP contribution in [0.5, 0.6) is 0 Å². The lowest BCUT2D eigenvalue weighted by Gasteiger charge is -2.38. The molecule has 1 fully saturated rings. The largest absolute Gasteiger partial charge is 0.385 e. The molecule has 12 heavy (non-hydrogen) atoms. The van der Waals surface area contributed by atoms with Gasteiger partial charge in [0.05, 0.1) is 0 Å². The summed E-state index contributed by atoms with van der Waals surface area (Å²) in [5, 5.41) is 0. The Morgan fingerprint density at radius 3 is 2.92 bits per heavy atom. The van der Waals surface area contributed by atoms with Gasteiger partial charge in [0.2, 0.25) is 0 Å². The van der Waals surface area contributed by atoms with Crippen LogP contribution in [0.3, 0.4) is 0 Å². The molecule has 0 aromatic rings. The first-order valence-electron chi connectivity index (χ1n) is 4.63. The Kier molecular flexibility index (Phi) is 3.50. The lowest BCUT2D eigenvalue weighted by atomic mass is 9.87. The van der Waals surface area contributed by atoms with Gasteiger partial charge in [0.15, 0.2) is 0 Å². The number of hydrogen-bond donors (Lipinski definition) is 1. The van der Waals surface area contributed by atoms with Gasteiger partial charge in [-0.3, -0.25) is 0 Å². The molecule has 1 atom stereocenters. The first-order chi connectivity index (χ1) is 5.66. The third-order valence-electron chi connectivity index (χ3n) is 2.60. The van der Waals surface area contributed by atoms with E-state index in [-0.39, 0.29) is 5.54 Å². The zero-order valence-corrected chi connectivity index (χ0v) is 8.18. The van der Waals surface area contributed by atoms with E-state index in [0.717, 1.165) is 26.0 Å². The highest BCUT2D eigenvalue weighted by Crippen LogP contribution is 2.20. The predicted octanol–water partition coefficient (Wildman–Crippen LogP) is 0.446. The summed E-state index contributed by atoms with van der Waals surface area (Å²) in [6, 6.07) is 0. The van der Waals surface area contributed by atoms with Crippen molar-refractivity contribution >= 4 is 0 Å². The summed E-state index contributed by atoms with van der Waals surface area (Å²) in [4.78, 5) is 2.30. The van der Waals surface area contributed by atoms with Crippen LogP contribution in [0, 0.1) is 0 Å². The highest BCUT2D eigenvalue weighted by atomic mass is 16.5. The van der Waals surface area contributed by atoms with E-state index in [1.807, 2.05) is 0 Å². The monoisotopic (exact) mass is 172 g/mol. The summed E-state index contributed by atoms with van der Waals surface area (Å²) in [7, 11) is 3.86. The van der Waals surface area contributed by atoms with Crippen molar-refractivity contribution in [3.8, 4) is 0 Å². The summed E-state index contributed by atoms with van der Waals surface area (Å²) < 4.78 is 5.05. The number of nitrogens with zero attached hydrogens (tertiary/aromatic N) is 1. The first-order valence-corrected chi connectivity index (χ1v) is 4.63. The van der Waals surface area contributed by atoms with Crippen molar-refractivity contribution in [2.45, 2.75) is 24.8 Å². The number of hydrogen-bond acceptors (Lipinski definition) is 3. The van der Waals surface area contributed by atoms with Gasteiger partial charge >= 0.3 is 0 Å². The van der Waals surface area contributed by atoms with Crippen LogP contribution >= 0.6 is 0 Å². The smallest absolute Gasteiger partial charge is 0.0480 e. The highest BCUT2D eigenvalue weighted by Gasteiger charge is 2.29. The normalized spacial score (nSPS) is 32.2. The fraction of sp³-hybridized carbons (Fsp3) is 1.00. The van der Waals surface area contributed by atoms with Crippen LogP contribution in [0.15, 0.2) is 0 Å². The van der Waals surface area contributed by atoms with Crippen LogP contribution in [0.1, 0.15) is 19.3 Å². The van der Waals surface area contributed by atoms with Crippen molar-refractivity contribution in [1.82, 2.24) is 4.90 Å². The minimum absolute atomic E-state index is 0.00299. The molecule has 0 spiro atoms. The predicted molar refractivity (Wildman–Crippen MR) is 50.1 cm³/mol. The maximum absolute atomic E-state index is 6.21. The summed E-state index contributed by atoms with van der Waals surface area (Å²) in [5.74, 6) is 0. The fourth-order valence-electron chi connectivity index (χ4n) is 1.91. The number of likely N-dealkylation sites (N-methyl/N-ethyl adjacent to an activating group) is 1. The molecule has 72 valence electrons. The summed E-state index contributed by atoms with van der Waals surface area (Å²) >= 11 is 0. The SMILES string of the molecule is COCCC1(N)CCCN(C)C1. The number of methoxy groups -OCH3 is 1. The summed E-state index contributed by atoms with van der Waals surface area (Å²) in [5.41, 5.74) is 6.22. The minimum Gasteiger partial charge on any atom is -0.385 e. The van der Waals surface area contributed by atoms with E-state index in [1.54, 1.807) is 7.11 Å². The Labute approximate surface area is 74.9 Å². The van der Waals surface area contributed by atoms with Gasteiger partial charge in [0.1, 0.15) is 0 Å². The lowest BCUT2D eigenvalue weighted by molar-refractivity contribution is 0.120. The van der Waals surface area contributed by atoms with E-state index in [0.29, 0.717) is 0 Å². The van der Waals surface area contributed by atoms with Crippen LogP contribution in [-0.4, -0.2) is 44.3 Å². The van der Waals surface area contributed by atoms with Gasteiger partial charge in [-0.25, -0.2) is 0 Å². The van der Waals surface area contributed by atoms with Gasteiger partial charge in [-0.05, 0) is 32.9 Å². The molecule has 0 aliphatic carbocycles. The molecule has 0 radical (unpaired) electrons. The molecule has 1 aliphatic rings. The summed E-state index contributed by atoms with van der Waals surface area (Å²) in [6.07, 6.45) is 3.34. The molecule has 3 nitrogen and oxygen atoms in total. The first kappa shape index (κ1) is 9.96. The van der Waals surface area contributed by atoms with Crippen LogP contribution in [0.25, 0.3) is 0 Å². The molecule has 1 saturated heterocycles. The molecule has 0 saturated carbocycles. The Morgan fingerprint density at radius 1 is 1.58 bits per heavy atom. The second-order valence-electron chi connectivity index (χ2n) is 3.95. The molecule has 0 amide bonds. The van der Waals surface area contributed by atoms with E-state index in [4.69, 9.17) is 10.5 Å². The lowest BCUT2D eigenvalue weighted by Crippen LogP contribution is -2.53. The minimum atomic E-state index is 0.00299. The molecular formula is C9H20N2O. The topological polar surface area (TPSA) is 38.5 Å². The van der Waals surface area contributed by atoms with Gasteiger partial charge in [-0.2, -0.15) is 0 Å². The molecule has 0 bridgehead atoms. The highest BCUT2D eigenvalue weighted by molar-refractivity contribution is 4.90. The van der Waals surface area contributed by atoms with Gasteiger partial charge in [0, 0.05) is 25.8 Å². The second-order valence-corrected chi connectivity index (χ2v) is 3.95. The average Bonchev–Trinajstić information content (AvgIpc) is 2.01. The maximum atomic E-state index is 6.21. The van der Waals surface area contributed by atoms with E-state index >= 15 is 0 Å². The average molecular weight is 172 g/mol. The van der Waals surface area contributed by atoms with Gasteiger partial charge in [-0.1, -0.05) is 0 Å². The molecule has 1 heterocycles. The van der Waals surface area contributed by atoms with Crippen LogP contribution in [0.4, 0.5) is 0 Å². The van der Waals surface area contributed by atoms with Crippen molar-refractivity contribution in [3.05, 3.63) is 0 Å².